The molecule has 0 spiro atoms. The molecule has 9 nitrogen and oxygen atoms in total. The quantitative estimate of drug-likeness (QED) is 0.494. The first-order valence-electron chi connectivity index (χ1n) is 11.4. The van der Waals surface area contributed by atoms with Crippen LogP contribution in [0, 0.1) is 6.92 Å². The van der Waals surface area contributed by atoms with Gasteiger partial charge in [-0.2, -0.15) is 5.10 Å². The average molecular weight is 442 g/mol. The van der Waals surface area contributed by atoms with Gasteiger partial charge in [0.05, 0.1) is 25.8 Å². The molecular weight excluding hydrogens is 406 g/mol. The van der Waals surface area contributed by atoms with E-state index >= 15 is 0 Å². The molecule has 2 unspecified atom stereocenters. The lowest BCUT2D eigenvalue weighted by Gasteiger charge is -2.35. The molecule has 2 aliphatic rings. The van der Waals surface area contributed by atoms with E-state index < -0.39 is 0 Å². The summed E-state index contributed by atoms with van der Waals surface area (Å²) < 4.78 is 12.7. The zero-order valence-corrected chi connectivity index (χ0v) is 19.4. The van der Waals surface area contributed by atoms with Gasteiger partial charge in [0, 0.05) is 46.3 Å². The maximum Gasteiger partial charge on any atom is 0.191 e. The van der Waals surface area contributed by atoms with Crippen molar-refractivity contribution in [2.24, 2.45) is 4.99 Å². The lowest BCUT2D eigenvalue weighted by molar-refractivity contribution is 0.0170. The van der Waals surface area contributed by atoms with Crippen molar-refractivity contribution in [3.8, 4) is 0 Å². The largest absolute Gasteiger partial charge is 0.379 e. The second-order valence-electron chi connectivity index (χ2n) is 8.47. The zero-order chi connectivity index (χ0) is 22.3. The van der Waals surface area contributed by atoms with E-state index in [-0.39, 0.29) is 12.1 Å². The Bertz CT molecular complexity index is 890. The number of aryl methyl sites for hydroxylation is 2. The molecule has 0 radical (unpaired) electrons. The highest BCUT2D eigenvalue weighted by atomic mass is 16.5. The molecule has 2 N–H and O–H groups in total. The third-order valence-electron chi connectivity index (χ3n) is 6.15. The van der Waals surface area contributed by atoms with Gasteiger partial charge in [-0.1, -0.05) is 29.8 Å². The second-order valence-corrected chi connectivity index (χ2v) is 8.47. The molecule has 0 aliphatic carbocycles. The number of nitrogens with zero attached hydrogens (tertiary/aromatic N) is 5. The minimum absolute atomic E-state index is 0.256. The number of guanidine groups is 1. The third-order valence-corrected chi connectivity index (χ3v) is 6.15. The van der Waals surface area contributed by atoms with Gasteiger partial charge in [-0.05, 0) is 18.9 Å². The van der Waals surface area contributed by atoms with E-state index in [0.717, 1.165) is 69.8 Å². The standard InChI is InChI=1S/C23H35N7O2/c1-17-4-6-18(7-5-17)20(29-10-12-32-13-11-29)14-25-23(24-2)26-19-8-9-22-27-21(16-31-3)28-30(22)15-19/h4-7,19-20H,8-16H2,1-3H3,(H2,24,25,26). The van der Waals surface area contributed by atoms with Crippen LogP contribution in [0.3, 0.4) is 0 Å². The predicted octanol–water partition coefficient (Wildman–Crippen LogP) is 1.29. The Labute approximate surface area is 190 Å². The number of morpholine rings is 1. The molecule has 2 aliphatic heterocycles. The lowest BCUT2D eigenvalue weighted by atomic mass is 10.0. The number of benzene rings is 1. The molecule has 1 saturated heterocycles. The SMILES string of the molecule is CN=C(NCC(c1ccc(C)cc1)N1CCOCC1)NC1CCc2nc(COC)nn2C1. The smallest absolute Gasteiger partial charge is 0.191 e. The number of ether oxygens (including phenoxy) is 2. The molecule has 32 heavy (non-hydrogen) atoms. The Hall–Kier alpha value is -2.49. The number of aromatic nitrogens is 3. The number of hydrogen-bond donors (Lipinski definition) is 2. The van der Waals surface area contributed by atoms with Crippen LogP contribution in [0.4, 0.5) is 0 Å². The average Bonchev–Trinajstić information content (AvgIpc) is 3.22. The van der Waals surface area contributed by atoms with Crippen LogP contribution in [0.2, 0.25) is 0 Å². The predicted molar refractivity (Wildman–Crippen MR) is 124 cm³/mol. The van der Waals surface area contributed by atoms with Crippen molar-refractivity contribution >= 4 is 5.96 Å². The summed E-state index contributed by atoms with van der Waals surface area (Å²) in [5.41, 5.74) is 2.59. The molecule has 1 aromatic heterocycles. The maximum absolute atomic E-state index is 5.58. The summed E-state index contributed by atoms with van der Waals surface area (Å²) in [6.07, 6.45) is 1.89. The minimum atomic E-state index is 0.256. The number of aliphatic imine (C=N–C) groups is 1. The highest BCUT2D eigenvalue weighted by Gasteiger charge is 2.25. The number of hydrogen-bond acceptors (Lipinski definition) is 6. The van der Waals surface area contributed by atoms with E-state index in [1.807, 2.05) is 11.7 Å². The number of fused-ring (bicyclic) bond motifs is 1. The Balaban J connectivity index is 1.37. The normalized spacial score (nSPS) is 20.6. The number of rotatable bonds is 7. The molecule has 1 fully saturated rings. The molecule has 0 saturated carbocycles. The lowest BCUT2D eigenvalue weighted by Crippen LogP contribution is -2.50. The molecule has 9 heteroatoms. The molecule has 3 heterocycles. The van der Waals surface area contributed by atoms with Crippen molar-refractivity contribution in [1.82, 2.24) is 30.3 Å². The van der Waals surface area contributed by atoms with Gasteiger partial charge in [0.25, 0.3) is 0 Å². The van der Waals surface area contributed by atoms with Crippen molar-refractivity contribution in [2.75, 3.05) is 47.0 Å². The van der Waals surface area contributed by atoms with Gasteiger partial charge < -0.3 is 20.1 Å². The number of nitrogens with one attached hydrogen (secondary N) is 2. The Kier molecular flexibility index (Phi) is 7.72. The fourth-order valence-electron chi connectivity index (χ4n) is 4.39. The molecule has 1 aromatic carbocycles. The van der Waals surface area contributed by atoms with Crippen LogP contribution in [0.25, 0.3) is 0 Å². The highest BCUT2D eigenvalue weighted by molar-refractivity contribution is 5.80. The molecular formula is C23H35N7O2. The van der Waals surface area contributed by atoms with E-state index in [4.69, 9.17) is 9.47 Å². The molecule has 0 amide bonds. The monoisotopic (exact) mass is 441 g/mol. The third kappa shape index (κ3) is 5.65. The Morgan fingerprint density at radius 2 is 2.06 bits per heavy atom. The van der Waals surface area contributed by atoms with Crippen molar-refractivity contribution in [2.45, 2.75) is 45.0 Å². The van der Waals surface area contributed by atoms with Crippen molar-refractivity contribution in [1.29, 1.82) is 0 Å². The topological polar surface area (TPSA) is 88.8 Å². The zero-order valence-electron chi connectivity index (χ0n) is 19.4. The van der Waals surface area contributed by atoms with E-state index in [2.05, 4.69) is 61.8 Å². The van der Waals surface area contributed by atoms with E-state index in [1.165, 1.54) is 11.1 Å². The first kappa shape index (κ1) is 22.7. The van der Waals surface area contributed by atoms with Gasteiger partial charge in [-0.3, -0.25) is 9.89 Å². The Morgan fingerprint density at radius 1 is 1.28 bits per heavy atom. The van der Waals surface area contributed by atoms with Crippen LogP contribution >= 0.6 is 0 Å². The van der Waals surface area contributed by atoms with Crippen LogP contribution in [-0.4, -0.2) is 78.7 Å². The van der Waals surface area contributed by atoms with Gasteiger partial charge >= 0.3 is 0 Å². The molecule has 2 atom stereocenters. The summed E-state index contributed by atoms with van der Waals surface area (Å²) >= 11 is 0. The molecule has 2 aromatic rings. The van der Waals surface area contributed by atoms with E-state index in [1.54, 1.807) is 7.11 Å². The second kappa shape index (κ2) is 10.9. The highest BCUT2D eigenvalue weighted by Crippen LogP contribution is 2.22. The molecule has 4 rings (SSSR count). The van der Waals surface area contributed by atoms with Crippen LogP contribution in [0.15, 0.2) is 29.3 Å². The Morgan fingerprint density at radius 3 is 2.78 bits per heavy atom. The first-order chi connectivity index (χ1) is 15.7. The fraction of sp³-hybridized carbons (Fsp3) is 0.609. The van der Waals surface area contributed by atoms with Gasteiger partial charge in [-0.25, -0.2) is 9.67 Å². The van der Waals surface area contributed by atoms with E-state index in [0.29, 0.717) is 6.61 Å². The minimum Gasteiger partial charge on any atom is -0.379 e. The van der Waals surface area contributed by atoms with Crippen molar-refractivity contribution < 1.29 is 9.47 Å². The van der Waals surface area contributed by atoms with E-state index in [9.17, 15) is 0 Å². The van der Waals surface area contributed by atoms with Crippen molar-refractivity contribution in [3.05, 3.63) is 47.0 Å². The molecule has 0 bridgehead atoms. The summed E-state index contributed by atoms with van der Waals surface area (Å²) in [4.78, 5) is 11.5. The summed E-state index contributed by atoms with van der Waals surface area (Å²) in [7, 11) is 3.49. The molecule has 174 valence electrons. The van der Waals surface area contributed by atoms with Gasteiger partial charge in [0.2, 0.25) is 0 Å². The van der Waals surface area contributed by atoms with Gasteiger partial charge in [0.15, 0.2) is 11.8 Å². The van der Waals surface area contributed by atoms with Gasteiger partial charge in [0.1, 0.15) is 12.4 Å². The summed E-state index contributed by atoms with van der Waals surface area (Å²) in [5.74, 6) is 2.60. The summed E-state index contributed by atoms with van der Waals surface area (Å²) in [6.45, 7) is 7.57. The fourth-order valence-corrected chi connectivity index (χ4v) is 4.39. The van der Waals surface area contributed by atoms with Gasteiger partial charge in [-0.15, -0.1) is 0 Å². The van der Waals surface area contributed by atoms with Crippen LogP contribution in [-0.2, 0) is 29.0 Å². The van der Waals surface area contributed by atoms with Crippen LogP contribution < -0.4 is 10.6 Å². The van der Waals surface area contributed by atoms with Crippen LogP contribution in [0.5, 0.6) is 0 Å². The van der Waals surface area contributed by atoms with Crippen molar-refractivity contribution in [3.63, 3.8) is 0 Å². The van der Waals surface area contributed by atoms with Crippen LogP contribution in [0.1, 0.15) is 35.2 Å². The summed E-state index contributed by atoms with van der Waals surface area (Å²) in [5, 5.41) is 11.7. The maximum atomic E-state index is 5.58. The first-order valence-corrected chi connectivity index (χ1v) is 11.4. The summed E-state index contributed by atoms with van der Waals surface area (Å²) in [6, 6.07) is 9.36. The number of methoxy groups -OCH3 is 1.